The standard InChI is InChI=1S/C16H14N4/c1-12-9-16(19-15-7-3-2-6-14(12)15)20-18-11-13-5-4-8-17-10-13/h2-11H,1H3,(H,19,20). The summed E-state index contributed by atoms with van der Waals surface area (Å²) < 4.78 is 0. The molecule has 0 aliphatic rings. The highest BCUT2D eigenvalue weighted by Crippen LogP contribution is 2.19. The molecule has 2 aromatic heterocycles. The lowest BCUT2D eigenvalue weighted by Crippen LogP contribution is -1.95. The Hall–Kier alpha value is -2.75. The quantitative estimate of drug-likeness (QED) is 0.581. The van der Waals surface area contributed by atoms with Crippen LogP contribution < -0.4 is 5.43 Å². The van der Waals surface area contributed by atoms with Crippen LogP contribution in [0.5, 0.6) is 0 Å². The number of aryl methyl sites for hydroxylation is 1. The molecule has 0 saturated heterocycles. The van der Waals surface area contributed by atoms with Gasteiger partial charge in [-0.15, -0.1) is 0 Å². The first-order valence-corrected chi connectivity index (χ1v) is 6.38. The number of aromatic nitrogens is 2. The van der Waals surface area contributed by atoms with Gasteiger partial charge in [-0.3, -0.25) is 10.4 Å². The van der Waals surface area contributed by atoms with Crippen LogP contribution in [-0.2, 0) is 0 Å². The molecule has 0 radical (unpaired) electrons. The monoisotopic (exact) mass is 262 g/mol. The Morgan fingerprint density at radius 1 is 1.15 bits per heavy atom. The van der Waals surface area contributed by atoms with Gasteiger partial charge in [-0.25, -0.2) is 4.98 Å². The Morgan fingerprint density at radius 3 is 2.90 bits per heavy atom. The van der Waals surface area contributed by atoms with Crippen LogP contribution in [0.3, 0.4) is 0 Å². The van der Waals surface area contributed by atoms with Crippen molar-refractivity contribution in [2.24, 2.45) is 5.10 Å². The van der Waals surface area contributed by atoms with Gasteiger partial charge in [0.1, 0.15) is 5.82 Å². The maximum Gasteiger partial charge on any atom is 0.147 e. The highest BCUT2D eigenvalue weighted by molar-refractivity contribution is 5.84. The third-order valence-corrected chi connectivity index (χ3v) is 3.00. The maximum atomic E-state index is 4.53. The summed E-state index contributed by atoms with van der Waals surface area (Å²) in [5.74, 6) is 0.737. The lowest BCUT2D eigenvalue weighted by atomic mass is 10.1. The Kier molecular flexibility index (Phi) is 3.37. The van der Waals surface area contributed by atoms with Crippen molar-refractivity contribution in [3.05, 3.63) is 66.0 Å². The normalized spacial score (nSPS) is 11.1. The molecule has 2 heterocycles. The molecule has 0 unspecified atom stereocenters. The molecule has 4 heteroatoms. The van der Waals surface area contributed by atoms with Gasteiger partial charge in [0.05, 0.1) is 11.7 Å². The zero-order chi connectivity index (χ0) is 13.8. The summed E-state index contributed by atoms with van der Waals surface area (Å²) in [4.78, 5) is 8.56. The number of fused-ring (bicyclic) bond motifs is 1. The Bertz CT molecular complexity index is 751. The van der Waals surface area contributed by atoms with Gasteiger partial charge in [-0.1, -0.05) is 24.3 Å². The second-order valence-corrected chi connectivity index (χ2v) is 4.50. The van der Waals surface area contributed by atoms with Gasteiger partial charge in [0.15, 0.2) is 0 Å². The zero-order valence-electron chi connectivity index (χ0n) is 11.1. The summed E-state index contributed by atoms with van der Waals surface area (Å²) in [5, 5.41) is 5.34. The fraction of sp³-hybridized carbons (Fsp3) is 0.0625. The van der Waals surface area contributed by atoms with E-state index in [1.165, 1.54) is 5.56 Å². The molecule has 0 aliphatic heterocycles. The summed E-state index contributed by atoms with van der Waals surface area (Å²) in [6.07, 6.45) is 5.21. The molecule has 20 heavy (non-hydrogen) atoms. The highest BCUT2D eigenvalue weighted by Gasteiger charge is 2.00. The molecular weight excluding hydrogens is 248 g/mol. The molecule has 0 aliphatic carbocycles. The summed E-state index contributed by atoms with van der Waals surface area (Å²) >= 11 is 0. The summed E-state index contributed by atoms with van der Waals surface area (Å²) in [5.41, 5.74) is 6.04. The number of hydrazone groups is 1. The lowest BCUT2D eigenvalue weighted by molar-refractivity contribution is 1.25. The number of anilines is 1. The molecule has 0 atom stereocenters. The van der Waals surface area contributed by atoms with Gasteiger partial charge >= 0.3 is 0 Å². The molecule has 0 spiro atoms. The third kappa shape index (κ3) is 2.64. The van der Waals surface area contributed by atoms with E-state index in [1.807, 2.05) is 36.4 Å². The van der Waals surface area contributed by atoms with Crippen LogP contribution in [0.2, 0.25) is 0 Å². The minimum absolute atomic E-state index is 0.737. The van der Waals surface area contributed by atoms with E-state index in [0.29, 0.717) is 0 Å². The van der Waals surface area contributed by atoms with Crippen molar-refractivity contribution in [2.45, 2.75) is 6.92 Å². The maximum absolute atomic E-state index is 4.53. The van der Waals surface area contributed by atoms with Crippen molar-refractivity contribution >= 4 is 22.9 Å². The van der Waals surface area contributed by atoms with Crippen molar-refractivity contribution in [3.63, 3.8) is 0 Å². The predicted octanol–water partition coefficient (Wildman–Crippen LogP) is 3.38. The van der Waals surface area contributed by atoms with Crippen molar-refractivity contribution in [1.82, 2.24) is 9.97 Å². The third-order valence-electron chi connectivity index (χ3n) is 3.00. The van der Waals surface area contributed by atoms with Gasteiger partial charge in [0.25, 0.3) is 0 Å². The van der Waals surface area contributed by atoms with Gasteiger partial charge in [-0.2, -0.15) is 5.10 Å². The van der Waals surface area contributed by atoms with E-state index >= 15 is 0 Å². The summed E-state index contributed by atoms with van der Waals surface area (Å²) in [7, 11) is 0. The van der Waals surface area contributed by atoms with E-state index in [9.17, 15) is 0 Å². The molecule has 3 aromatic rings. The number of hydrogen-bond donors (Lipinski definition) is 1. The van der Waals surface area contributed by atoms with E-state index in [4.69, 9.17) is 0 Å². The lowest BCUT2D eigenvalue weighted by Gasteiger charge is -2.05. The van der Waals surface area contributed by atoms with E-state index in [0.717, 1.165) is 22.3 Å². The van der Waals surface area contributed by atoms with Crippen LogP contribution in [0.4, 0.5) is 5.82 Å². The number of nitrogens with zero attached hydrogens (tertiary/aromatic N) is 3. The second kappa shape index (κ2) is 5.48. The van der Waals surface area contributed by atoms with Crippen LogP contribution in [0, 0.1) is 6.92 Å². The molecule has 3 rings (SSSR count). The van der Waals surface area contributed by atoms with Crippen LogP contribution in [0.15, 0.2) is 60.0 Å². The molecule has 1 N–H and O–H groups in total. The Labute approximate surface area is 117 Å². The second-order valence-electron chi connectivity index (χ2n) is 4.50. The van der Waals surface area contributed by atoms with E-state index in [1.54, 1.807) is 18.6 Å². The number of benzene rings is 1. The predicted molar refractivity (Wildman–Crippen MR) is 81.9 cm³/mol. The van der Waals surface area contributed by atoms with Gasteiger partial charge in [0, 0.05) is 23.3 Å². The Balaban J connectivity index is 1.83. The molecule has 98 valence electrons. The number of rotatable bonds is 3. The van der Waals surface area contributed by atoms with Crippen molar-refractivity contribution in [2.75, 3.05) is 5.43 Å². The Morgan fingerprint density at radius 2 is 2.05 bits per heavy atom. The minimum atomic E-state index is 0.737. The SMILES string of the molecule is Cc1cc(NN=Cc2cccnc2)nc2ccccc12. The number of nitrogens with one attached hydrogen (secondary N) is 1. The smallest absolute Gasteiger partial charge is 0.147 e. The molecule has 0 bridgehead atoms. The van der Waals surface area contributed by atoms with Gasteiger partial charge in [-0.05, 0) is 30.7 Å². The molecule has 0 saturated carbocycles. The van der Waals surface area contributed by atoms with Crippen molar-refractivity contribution < 1.29 is 0 Å². The first-order chi connectivity index (χ1) is 9.83. The van der Waals surface area contributed by atoms with E-state index in [2.05, 4.69) is 33.5 Å². The fourth-order valence-corrected chi connectivity index (χ4v) is 2.03. The zero-order valence-corrected chi connectivity index (χ0v) is 11.1. The highest BCUT2D eigenvalue weighted by atomic mass is 15.3. The number of para-hydroxylation sites is 1. The molecule has 0 fully saturated rings. The molecule has 0 amide bonds. The van der Waals surface area contributed by atoms with Crippen LogP contribution >= 0.6 is 0 Å². The first kappa shape index (κ1) is 12.3. The van der Waals surface area contributed by atoms with Crippen molar-refractivity contribution in [3.8, 4) is 0 Å². The largest absolute Gasteiger partial charge is 0.264 e. The van der Waals surface area contributed by atoms with Crippen LogP contribution in [0.25, 0.3) is 10.9 Å². The average molecular weight is 262 g/mol. The molecule has 4 nitrogen and oxygen atoms in total. The summed E-state index contributed by atoms with van der Waals surface area (Å²) in [6.45, 7) is 2.07. The summed E-state index contributed by atoms with van der Waals surface area (Å²) in [6, 6.07) is 13.9. The fourth-order valence-electron chi connectivity index (χ4n) is 2.03. The van der Waals surface area contributed by atoms with Crippen molar-refractivity contribution in [1.29, 1.82) is 0 Å². The van der Waals surface area contributed by atoms with Gasteiger partial charge in [0.2, 0.25) is 0 Å². The van der Waals surface area contributed by atoms with Crippen LogP contribution in [-0.4, -0.2) is 16.2 Å². The molecule has 1 aromatic carbocycles. The molecular formula is C16H14N4. The topological polar surface area (TPSA) is 50.2 Å². The number of hydrogen-bond acceptors (Lipinski definition) is 4. The van der Waals surface area contributed by atoms with E-state index < -0.39 is 0 Å². The van der Waals surface area contributed by atoms with Crippen LogP contribution in [0.1, 0.15) is 11.1 Å². The van der Waals surface area contributed by atoms with Gasteiger partial charge < -0.3 is 0 Å². The average Bonchev–Trinajstić information content (AvgIpc) is 2.48. The minimum Gasteiger partial charge on any atom is -0.264 e. The van der Waals surface area contributed by atoms with E-state index in [-0.39, 0.29) is 0 Å². The number of pyridine rings is 2. The first-order valence-electron chi connectivity index (χ1n) is 6.38.